The molecule has 7 nitrogen and oxygen atoms in total. The van der Waals surface area contributed by atoms with Crippen LogP contribution in [0.1, 0.15) is 12.8 Å². The number of anilines is 1. The van der Waals surface area contributed by atoms with Crippen LogP contribution < -0.4 is 15.8 Å². The van der Waals surface area contributed by atoms with Crippen molar-refractivity contribution in [2.24, 2.45) is 0 Å². The van der Waals surface area contributed by atoms with E-state index in [-0.39, 0.29) is 28.9 Å². The van der Waals surface area contributed by atoms with Crippen molar-refractivity contribution in [3.8, 4) is 5.69 Å². The molecular formula is C19H25Cl2N5O2. The molecule has 1 N–H and O–H groups in total. The Morgan fingerprint density at radius 1 is 1.18 bits per heavy atom. The zero-order chi connectivity index (χ0) is 19.2. The van der Waals surface area contributed by atoms with E-state index in [4.69, 9.17) is 11.6 Å². The van der Waals surface area contributed by atoms with Crippen LogP contribution in [-0.2, 0) is 4.79 Å². The summed E-state index contributed by atoms with van der Waals surface area (Å²) in [4.78, 5) is 28.7. The molecule has 1 aromatic heterocycles. The standard InChI is InChI=1S/C19H24ClN5O2.ClH/c1-21-9-5-8-17(26)24-12-10-23(11-13-24)16-14-22-25(19(27)18(16)20)15-6-3-2-4-7-15;/h2-4,6-7,14,21H,5,8-13H2,1H3;1H. The third kappa shape index (κ3) is 5.04. The van der Waals surface area contributed by atoms with Crippen LogP contribution in [0.2, 0.25) is 5.02 Å². The summed E-state index contributed by atoms with van der Waals surface area (Å²) in [5, 5.41) is 7.48. The fourth-order valence-electron chi connectivity index (χ4n) is 3.17. The van der Waals surface area contributed by atoms with Gasteiger partial charge < -0.3 is 15.1 Å². The van der Waals surface area contributed by atoms with Crippen LogP contribution in [0.5, 0.6) is 0 Å². The summed E-state index contributed by atoms with van der Waals surface area (Å²) in [6.45, 7) is 3.35. The van der Waals surface area contributed by atoms with Gasteiger partial charge in [0.05, 0.1) is 17.6 Å². The zero-order valence-corrected chi connectivity index (χ0v) is 17.4. The van der Waals surface area contributed by atoms with Gasteiger partial charge in [-0.15, -0.1) is 12.4 Å². The van der Waals surface area contributed by atoms with E-state index in [1.165, 1.54) is 4.68 Å². The molecule has 0 saturated carbocycles. The molecular weight excluding hydrogens is 401 g/mol. The molecule has 0 atom stereocenters. The largest absolute Gasteiger partial charge is 0.365 e. The molecule has 1 aliphatic heterocycles. The minimum Gasteiger partial charge on any atom is -0.365 e. The molecule has 1 fully saturated rings. The molecule has 28 heavy (non-hydrogen) atoms. The lowest BCUT2D eigenvalue weighted by Crippen LogP contribution is -2.49. The van der Waals surface area contributed by atoms with Gasteiger partial charge in [-0.3, -0.25) is 9.59 Å². The van der Waals surface area contributed by atoms with Gasteiger partial charge in [-0.1, -0.05) is 29.8 Å². The molecule has 1 amide bonds. The second kappa shape index (κ2) is 10.5. The molecule has 152 valence electrons. The summed E-state index contributed by atoms with van der Waals surface area (Å²) in [5.74, 6) is 0.175. The summed E-state index contributed by atoms with van der Waals surface area (Å²) >= 11 is 6.36. The van der Waals surface area contributed by atoms with Crippen molar-refractivity contribution in [1.29, 1.82) is 0 Å². The first-order valence-corrected chi connectivity index (χ1v) is 9.50. The number of para-hydroxylation sites is 1. The van der Waals surface area contributed by atoms with Crippen molar-refractivity contribution in [3.05, 3.63) is 51.9 Å². The Labute approximate surface area is 175 Å². The van der Waals surface area contributed by atoms with Crippen molar-refractivity contribution in [2.75, 3.05) is 44.7 Å². The number of aromatic nitrogens is 2. The van der Waals surface area contributed by atoms with Crippen LogP contribution in [0.4, 0.5) is 5.69 Å². The van der Waals surface area contributed by atoms with Crippen LogP contribution in [0.25, 0.3) is 5.69 Å². The third-order valence-electron chi connectivity index (χ3n) is 4.69. The number of carbonyl (C=O) groups excluding carboxylic acids is 1. The van der Waals surface area contributed by atoms with Crippen LogP contribution in [0, 0.1) is 0 Å². The van der Waals surface area contributed by atoms with Crippen LogP contribution >= 0.6 is 24.0 Å². The Kier molecular flexibility index (Phi) is 8.29. The fourth-order valence-corrected chi connectivity index (χ4v) is 3.42. The highest BCUT2D eigenvalue weighted by Crippen LogP contribution is 2.23. The molecule has 0 spiro atoms. The van der Waals surface area contributed by atoms with E-state index >= 15 is 0 Å². The van der Waals surface area contributed by atoms with Crippen LogP contribution in [-0.4, -0.2) is 60.4 Å². The van der Waals surface area contributed by atoms with E-state index in [2.05, 4.69) is 10.4 Å². The fraction of sp³-hybridized carbons (Fsp3) is 0.421. The summed E-state index contributed by atoms with van der Waals surface area (Å²) in [7, 11) is 1.88. The first kappa shape index (κ1) is 22.2. The predicted molar refractivity (Wildman–Crippen MR) is 114 cm³/mol. The molecule has 1 aliphatic rings. The van der Waals surface area contributed by atoms with Gasteiger partial charge in [0.2, 0.25) is 5.91 Å². The number of carbonyl (C=O) groups is 1. The minimum absolute atomic E-state index is 0. The minimum atomic E-state index is -0.342. The Morgan fingerprint density at radius 3 is 2.50 bits per heavy atom. The number of benzene rings is 1. The number of piperazine rings is 1. The van der Waals surface area contributed by atoms with E-state index in [1.54, 1.807) is 6.20 Å². The number of nitrogens with one attached hydrogen (secondary N) is 1. The summed E-state index contributed by atoms with van der Waals surface area (Å²) in [6.07, 6.45) is 3.01. The average molecular weight is 426 g/mol. The monoisotopic (exact) mass is 425 g/mol. The first-order chi connectivity index (χ1) is 13.1. The van der Waals surface area contributed by atoms with Gasteiger partial charge in [-0.2, -0.15) is 9.78 Å². The molecule has 2 aromatic rings. The van der Waals surface area contributed by atoms with E-state index in [0.717, 1.165) is 13.0 Å². The van der Waals surface area contributed by atoms with Gasteiger partial charge in [-0.25, -0.2) is 0 Å². The second-order valence-corrected chi connectivity index (χ2v) is 6.85. The van der Waals surface area contributed by atoms with E-state index in [0.29, 0.717) is 44.0 Å². The maximum Gasteiger partial charge on any atom is 0.292 e. The van der Waals surface area contributed by atoms with Gasteiger partial charge >= 0.3 is 0 Å². The van der Waals surface area contributed by atoms with Crippen molar-refractivity contribution in [3.63, 3.8) is 0 Å². The molecule has 1 saturated heterocycles. The van der Waals surface area contributed by atoms with Gasteiger partial charge in [-0.05, 0) is 32.1 Å². The van der Waals surface area contributed by atoms with E-state index in [1.807, 2.05) is 47.2 Å². The number of rotatable bonds is 6. The van der Waals surface area contributed by atoms with Gasteiger partial charge in [0.25, 0.3) is 5.56 Å². The Hall–Kier alpha value is -2.09. The Morgan fingerprint density at radius 2 is 1.86 bits per heavy atom. The third-order valence-corrected chi connectivity index (χ3v) is 5.05. The molecule has 9 heteroatoms. The number of halogens is 2. The Balaban J connectivity index is 0.00000280. The van der Waals surface area contributed by atoms with Crippen molar-refractivity contribution < 1.29 is 4.79 Å². The smallest absolute Gasteiger partial charge is 0.292 e. The maximum atomic E-state index is 12.6. The second-order valence-electron chi connectivity index (χ2n) is 6.47. The molecule has 0 bridgehead atoms. The Bertz CT molecular complexity index is 836. The maximum absolute atomic E-state index is 12.6. The summed E-state index contributed by atoms with van der Waals surface area (Å²) in [5.41, 5.74) is 0.954. The summed E-state index contributed by atoms with van der Waals surface area (Å²) in [6, 6.07) is 9.19. The molecule has 0 radical (unpaired) electrons. The highest BCUT2D eigenvalue weighted by molar-refractivity contribution is 6.33. The predicted octanol–water partition coefficient (Wildman–Crippen LogP) is 1.96. The molecule has 0 aliphatic carbocycles. The zero-order valence-electron chi connectivity index (χ0n) is 15.8. The van der Waals surface area contributed by atoms with E-state index < -0.39 is 0 Å². The van der Waals surface area contributed by atoms with Gasteiger partial charge in [0, 0.05) is 32.6 Å². The average Bonchev–Trinajstić information content (AvgIpc) is 2.71. The number of hydrogen-bond acceptors (Lipinski definition) is 5. The van der Waals surface area contributed by atoms with Gasteiger partial charge in [0.1, 0.15) is 5.02 Å². The van der Waals surface area contributed by atoms with E-state index in [9.17, 15) is 9.59 Å². The number of nitrogens with zero attached hydrogens (tertiary/aromatic N) is 4. The molecule has 1 aromatic carbocycles. The molecule has 0 unspecified atom stereocenters. The van der Waals surface area contributed by atoms with Crippen LogP contribution in [0.3, 0.4) is 0 Å². The van der Waals surface area contributed by atoms with Crippen molar-refractivity contribution >= 4 is 35.6 Å². The quantitative estimate of drug-likeness (QED) is 0.716. The van der Waals surface area contributed by atoms with Crippen molar-refractivity contribution in [1.82, 2.24) is 20.0 Å². The normalized spacial score (nSPS) is 13.9. The van der Waals surface area contributed by atoms with Gasteiger partial charge in [0.15, 0.2) is 0 Å². The topological polar surface area (TPSA) is 70.5 Å². The number of hydrogen-bond donors (Lipinski definition) is 1. The first-order valence-electron chi connectivity index (χ1n) is 9.12. The highest BCUT2D eigenvalue weighted by Gasteiger charge is 2.23. The molecule has 2 heterocycles. The lowest BCUT2D eigenvalue weighted by Gasteiger charge is -2.36. The lowest BCUT2D eigenvalue weighted by molar-refractivity contribution is -0.131. The van der Waals surface area contributed by atoms with Crippen LogP contribution in [0.15, 0.2) is 41.3 Å². The van der Waals surface area contributed by atoms with Crippen molar-refractivity contribution in [2.45, 2.75) is 12.8 Å². The number of amides is 1. The highest BCUT2D eigenvalue weighted by atomic mass is 35.5. The summed E-state index contributed by atoms with van der Waals surface area (Å²) < 4.78 is 1.30. The lowest BCUT2D eigenvalue weighted by atomic mass is 10.2. The SMILES string of the molecule is CNCCCC(=O)N1CCN(c2cnn(-c3ccccc3)c(=O)c2Cl)CC1.Cl. The molecule has 3 rings (SSSR count).